The van der Waals surface area contributed by atoms with Gasteiger partial charge in [-0.15, -0.1) is 0 Å². The first-order valence-electron chi connectivity index (χ1n) is 9.97. The number of fused-ring (bicyclic) bond motifs is 2. The molecule has 31 heavy (non-hydrogen) atoms. The summed E-state index contributed by atoms with van der Waals surface area (Å²) in [4.78, 5) is 31.1. The summed E-state index contributed by atoms with van der Waals surface area (Å²) in [6.07, 6.45) is 0.659. The second kappa shape index (κ2) is 8.61. The third-order valence-electron chi connectivity index (χ3n) is 5.62. The van der Waals surface area contributed by atoms with Crippen molar-refractivity contribution < 1.29 is 14.3 Å². The predicted octanol–water partition coefficient (Wildman–Crippen LogP) is 3.50. The first-order chi connectivity index (χ1) is 14.9. The molecule has 2 heterocycles. The van der Waals surface area contributed by atoms with Crippen LogP contribution in [-0.4, -0.2) is 43.1 Å². The number of H-pyrrole nitrogens is 1. The Hall–Kier alpha value is -3.03. The average Bonchev–Trinajstić information content (AvgIpc) is 2.76. The lowest BCUT2D eigenvalue weighted by atomic mass is 10.0. The van der Waals surface area contributed by atoms with Crippen LogP contribution in [0.15, 0.2) is 35.1 Å². The number of benzene rings is 2. The number of halogens is 1. The maximum atomic E-state index is 13.1. The third kappa shape index (κ3) is 4.24. The quantitative estimate of drug-likeness (QED) is 0.633. The largest absolute Gasteiger partial charge is 0.497 e. The van der Waals surface area contributed by atoms with E-state index in [0.29, 0.717) is 52.7 Å². The Morgan fingerprint density at radius 3 is 2.58 bits per heavy atom. The Morgan fingerprint density at radius 1 is 1.19 bits per heavy atom. The SMILES string of the molecule is COc1cc(NC(=O)CN2CCc3[nH]c4c(C)c(Cl)ccc4c(=O)c3C2)cc(OC)c1. The number of hydrogen-bond acceptors (Lipinski definition) is 5. The van der Waals surface area contributed by atoms with E-state index < -0.39 is 0 Å². The molecule has 2 aromatic carbocycles. The standard InChI is InChI=1S/C23H24ClN3O4/c1-13-19(24)5-4-17-22(13)26-20-6-7-27(11-18(20)23(17)29)12-21(28)25-14-8-15(30-2)10-16(9-14)31-3/h4-5,8-10H,6-7,11-12H2,1-3H3,(H,25,28)(H,26,29). The summed E-state index contributed by atoms with van der Waals surface area (Å²) >= 11 is 6.22. The van der Waals surface area contributed by atoms with Crippen molar-refractivity contribution in [1.82, 2.24) is 9.88 Å². The smallest absolute Gasteiger partial charge is 0.238 e. The minimum Gasteiger partial charge on any atom is -0.497 e. The molecule has 7 nitrogen and oxygen atoms in total. The number of rotatable bonds is 5. The number of hydrogen-bond donors (Lipinski definition) is 2. The van der Waals surface area contributed by atoms with Crippen LogP contribution >= 0.6 is 11.6 Å². The van der Waals surface area contributed by atoms with Gasteiger partial charge in [0.1, 0.15) is 11.5 Å². The number of methoxy groups -OCH3 is 2. The summed E-state index contributed by atoms with van der Waals surface area (Å²) in [5, 5.41) is 4.13. The molecule has 0 unspecified atom stereocenters. The van der Waals surface area contributed by atoms with Crippen LogP contribution in [-0.2, 0) is 17.8 Å². The molecule has 162 valence electrons. The molecule has 3 aromatic rings. The second-order valence-corrected chi connectivity index (χ2v) is 8.02. The zero-order valence-corrected chi connectivity index (χ0v) is 18.4. The van der Waals surface area contributed by atoms with Crippen LogP contribution in [0.3, 0.4) is 0 Å². The van der Waals surface area contributed by atoms with Gasteiger partial charge in [-0.05, 0) is 24.6 Å². The Bertz CT molecular complexity index is 1200. The van der Waals surface area contributed by atoms with Crippen molar-refractivity contribution in [2.75, 3.05) is 32.6 Å². The Morgan fingerprint density at radius 2 is 1.90 bits per heavy atom. The van der Waals surface area contributed by atoms with Crippen LogP contribution in [0.25, 0.3) is 10.9 Å². The second-order valence-electron chi connectivity index (χ2n) is 7.62. The van der Waals surface area contributed by atoms with E-state index in [2.05, 4.69) is 10.3 Å². The Labute approximate surface area is 184 Å². The monoisotopic (exact) mass is 441 g/mol. The molecule has 2 N–H and O–H groups in total. The molecular formula is C23H24ClN3O4. The first kappa shape index (κ1) is 21.2. The Kier molecular flexibility index (Phi) is 5.89. The number of carbonyl (C=O) groups excluding carboxylic acids is 1. The molecule has 0 bridgehead atoms. The van der Waals surface area contributed by atoms with Gasteiger partial charge in [0.15, 0.2) is 5.43 Å². The third-order valence-corrected chi connectivity index (χ3v) is 6.03. The van der Waals surface area contributed by atoms with E-state index in [9.17, 15) is 9.59 Å². The highest BCUT2D eigenvalue weighted by Gasteiger charge is 2.23. The zero-order chi connectivity index (χ0) is 22.1. The lowest BCUT2D eigenvalue weighted by molar-refractivity contribution is -0.117. The fourth-order valence-corrected chi connectivity index (χ4v) is 4.09. The van der Waals surface area contributed by atoms with Gasteiger partial charge in [-0.3, -0.25) is 14.5 Å². The molecule has 0 aliphatic carbocycles. The van der Waals surface area contributed by atoms with Gasteiger partial charge in [0.05, 0.1) is 26.3 Å². The van der Waals surface area contributed by atoms with E-state index in [1.807, 2.05) is 11.8 Å². The van der Waals surface area contributed by atoms with Gasteiger partial charge in [-0.1, -0.05) is 11.6 Å². The number of aromatic nitrogens is 1. The normalized spacial score (nSPS) is 13.7. The van der Waals surface area contributed by atoms with Crippen LogP contribution < -0.4 is 20.2 Å². The van der Waals surface area contributed by atoms with Crippen molar-refractivity contribution in [2.24, 2.45) is 0 Å². The first-order valence-corrected chi connectivity index (χ1v) is 10.4. The van der Waals surface area contributed by atoms with E-state index in [0.717, 1.165) is 16.8 Å². The molecule has 0 saturated carbocycles. The molecule has 0 saturated heterocycles. The highest BCUT2D eigenvalue weighted by molar-refractivity contribution is 6.32. The number of anilines is 1. The number of nitrogens with zero attached hydrogens (tertiary/aromatic N) is 1. The number of amides is 1. The van der Waals surface area contributed by atoms with E-state index in [4.69, 9.17) is 21.1 Å². The number of carbonyl (C=O) groups is 1. The van der Waals surface area contributed by atoms with E-state index >= 15 is 0 Å². The van der Waals surface area contributed by atoms with Gasteiger partial charge in [0, 0.05) is 65.1 Å². The van der Waals surface area contributed by atoms with Crippen molar-refractivity contribution in [3.05, 3.63) is 62.4 Å². The van der Waals surface area contributed by atoms with Gasteiger partial charge in [0.2, 0.25) is 5.91 Å². The number of ether oxygens (including phenoxy) is 2. The van der Waals surface area contributed by atoms with Crippen molar-refractivity contribution >= 4 is 34.1 Å². The van der Waals surface area contributed by atoms with Gasteiger partial charge < -0.3 is 19.8 Å². The Balaban J connectivity index is 1.52. The minimum absolute atomic E-state index is 0.00819. The van der Waals surface area contributed by atoms with Crippen molar-refractivity contribution in [2.45, 2.75) is 19.9 Å². The molecule has 1 aliphatic rings. The van der Waals surface area contributed by atoms with E-state index in [1.54, 1.807) is 44.6 Å². The van der Waals surface area contributed by atoms with Gasteiger partial charge in [-0.25, -0.2) is 0 Å². The molecule has 0 radical (unpaired) electrons. The molecule has 8 heteroatoms. The molecule has 0 atom stereocenters. The lowest BCUT2D eigenvalue weighted by Gasteiger charge is -2.28. The van der Waals surface area contributed by atoms with Crippen LogP contribution in [0, 0.1) is 6.92 Å². The summed E-state index contributed by atoms with van der Waals surface area (Å²) in [5.41, 5.74) is 3.86. The van der Waals surface area contributed by atoms with Crippen LogP contribution in [0.5, 0.6) is 11.5 Å². The number of pyridine rings is 1. The van der Waals surface area contributed by atoms with Gasteiger partial charge in [-0.2, -0.15) is 0 Å². The van der Waals surface area contributed by atoms with Crippen LogP contribution in [0.4, 0.5) is 5.69 Å². The maximum Gasteiger partial charge on any atom is 0.238 e. The highest BCUT2D eigenvalue weighted by atomic mass is 35.5. The van der Waals surface area contributed by atoms with Crippen molar-refractivity contribution in [3.8, 4) is 11.5 Å². The summed E-state index contributed by atoms with van der Waals surface area (Å²) in [6.45, 7) is 3.16. The molecule has 1 aliphatic heterocycles. The fourth-order valence-electron chi connectivity index (χ4n) is 3.93. The van der Waals surface area contributed by atoms with Gasteiger partial charge >= 0.3 is 0 Å². The summed E-state index contributed by atoms with van der Waals surface area (Å²) in [5.74, 6) is 1.02. The number of aromatic amines is 1. The van der Waals surface area contributed by atoms with E-state index in [-0.39, 0.29) is 17.9 Å². The number of aryl methyl sites for hydroxylation is 1. The van der Waals surface area contributed by atoms with Crippen LogP contribution in [0.1, 0.15) is 16.8 Å². The minimum atomic E-state index is -0.168. The molecule has 4 rings (SSSR count). The fraction of sp³-hybridized carbons (Fsp3) is 0.304. The van der Waals surface area contributed by atoms with E-state index in [1.165, 1.54) is 0 Å². The molecule has 1 amide bonds. The summed E-state index contributed by atoms with van der Waals surface area (Å²) in [7, 11) is 3.12. The maximum absolute atomic E-state index is 13.1. The summed E-state index contributed by atoms with van der Waals surface area (Å²) in [6, 6.07) is 8.71. The number of nitrogens with one attached hydrogen (secondary N) is 2. The lowest BCUT2D eigenvalue weighted by Crippen LogP contribution is -2.39. The molecule has 0 fully saturated rings. The molecule has 0 spiro atoms. The summed E-state index contributed by atoms with van der Waals surface area (Å²) < 4.78 is 10.5. The topological polar surface area (TPSA) is 83.7 Å². The average molecular weight is 442 g/mol. The highest BCUT2D eigenvalue weighted by Crippen LogP contribution is 2.27. The zero-order valence-electron chi connectivity index (χ0n) is 17.7. The predicted molar refractivity (Wildman–Crippen MR) is 121 cm³/mol. The molecule has 1 aromatic heterocycles. The van der Waals surface area contributed by atoms with Crippen molar-refractivity contribution in [1.29, 1.82) is 0 Å². The molecular weight excluding hydrogens is 418 g/mol. The van der Waals surface area contributed by atoms with Crippen LogP contribution in [0.2, 0.25) is 5.02 Å². The van der Waals surface area contributed by atoms with Gasteiger partial charge in [0.25, 0.3) is 0 Å². The van der Waals surface area contributed by atoms with Crippen molar-refractivity contribution in [3.63, 3.8) is 0 Å².